The zero-order valence-electron chi connectivity index (χ0n) is 8.52. The number of morpholine rings is 1. The molecule has 0 aromatic carbocycles. The third-order valence-electron chi connectivity index (χ3n) is 2.28. The highest BCUT2D eigenvalue weighted by molar-refractivity contribution is 5.05. The third kappa shape index (κ3) is 3.79. The molecule has 0 amide bonds. The van der Waals surface area contributed by atoms with E-state index in [-0.39, 0.29) is 0 Å². The van der Waals surface area contributed by atoms with Gasteiger partial charge in [-0.15, -0.1) is 0 Å². The van der Waals surface area contributed by atoms with E-state index in [1.54, 1.807) is 0 Å². The zero-order chi connectivity index (χ0) is 10.2. The van der Waals surface area contributed by atoms with Crippen molar-refractivity contribution in [1.29, 1.82) is 0 Å². The monoisotopic (exact) mass is 196 g/mol. The molecular weight excluding hydrogens is 180 g/mol. The summed E-state index contributed by atoms with van der Waals surface area (Å²) in [7, 11) is 0. The summed E-state index contributed by atoms with van der Waals surface area (Å²) in [6.07, 6.45) is 2.02. The Kier molecular flexibility index (Phi) is 5.07. The van der Waals surface area contributed by atoms with Crippen molar-refractivity contribution < 1.29 is 4.74 Å². The van der Waals surface area contributed by atoms with Crippen LogP contribution >= 0.6 is 0 Å². The highest BCUT2D eigenvalue weighted by Crippen LogP contribution is 2.03. The first-order valence-electron chi connectivity index (χ1n) is 4.82. The number of azide groups is 1. The van der Waals surface area contributed by atoms with E-state index in [4.69, 9.17) is 10.3 Å². The van der Waals surface area contributed by atoms with Crippen molar-refractivity contribution in [1.82, 2.24) is 4.90 Å². The molecule has 0 atom stereocenters. The second-order valence-electron chi connectivity index (χ2n) is 3.22. The highest BCUT2D eigenvalue weighted by atomic mass is 16.5. The molecule has 1 fully saturated rings. The zero-order valence-corrected chi connectivity index (χ0v) is 8.52. The van der Waals surface area contributed by atoms with Gasteiger partial charge in [0, 0.05) is 31.1 Å². The summed E-state index contributed by atoms with van der Waals surface area (Å²) in [6, 6.07) is 0. The van der Waals surface area contributed by atoms with Crippen molar-refractivity contribution >= 4 is 0 Å². The first-order chi connectivity index (χ1) is 6.86. The summed E-state index contributed by atoms with van der Waals surface area (Å²) >= 11 is 0. The standard InChI is InChI=1S/C9H16N4O/c1-2-9(7-11-12-10)8-13-3-5-14-6-4-13/h2H,3-8H2,1H3/b9-2+. The van der Waals surface area contributed by atoms with Gasteiger partial charge >= 0.3 is 0 Å². The topological polar surface area (TPSA) is 61.2 Å². The van der Waals surface area contributed by atoms with Gasteiger partial charge in [-0.3, -0.25) is 4.90 Å². The van der Waals surface area contributed by atoms with E-state index in [0.717, 1.165) is 32.8 Å². The van der Waals surface area contributed by atoms with E-state index >= 15 is 0 Å². The Morgan fingerprint density at radius 1 is 1.57 bits per heavy atom. The number of hydrogen-bond acceptors (Lipinski definition) is 3. The maximum Gasteiger partial charge on any atom is 0.0594 e. The Morgan fingerprint density at radius 3 is 2.86 bits per heavy atom. The van der Waals surface area contributed by atoms with Gasteiger partial charge in [0.25, 0.3) is 0 Å². The van der Waals surface area contributed by atoms with Crippen LogP contribution in [-0.2, 0) is 4.74 Å². The lowest BCUT2D eigenvalue weighted by atomic mass is 10.2. The fourth-order valence-electron chi connectivity index (χ4n) is 1.40. The number of allylic oxidation sites excluding steroid dienone is 1. The second kappa shape index (κ2) is 6.43. The summed E-state index contributed by atoms with van der Waals surface area (Å²) in [5.41, 5.74) is 9.39. The minimum atomic E-state index is 0.477. The van der Waals surface area contributed by atoms with Crippen molar-refractivity contribution in [2.45, 2.75) is 6.92 Å². The van der Waals surface area contributed by atoms with Crippen LogP contribution in [0.1, 0.15) is 6.92 Å². The van der Waals surface area contributed by atoms with Gasteiger partial charge in [0.1, 0.15) is 0 Å². The first kappa shape index (κ1) is 11.0. The molecular formula is C9H16N4O. The SMILES string of the molecule is C/C=C(\CN=[N+]=[N-])CN1CCOCC1. The molecule has 1 aliphatic heterocycles. The molecule has 0 aromatic rings. The first-order valence-corrected chi connectivity index (χ1v) is 4.82. The number of rotatable bonds is 4. The van der Waals surface area contributed by atoms with Crippen molar-refractivity contribution in [2.75, 3.05) is 39.4 Å². The van der Waals surface area contributed by atoms with Gasteiger partial charge in [-0.25, -0.2) is 0 Å². The summed E-state index contributed by atoms with van der Waals surface area (Å²) < 4.78 is 5.25. The number of nitrogens with zero attached hydrogens (tertiary/aromatic N) is 4. The van der Waals surface area contributed by atoms with Crippen LogP contribution in [0.4, 0.5) is 0 Å². The third-order valence-corrected chi connectivity index (χ3v) is 2.28. The second-order valence-corrected chi connectivity index (χ2v) is 3.22. The molecule has 0 bridgehead atoms. The van der Waals surface area contributed by atoms with Gasteiger partial charge in [0.05, 0.1) is 13.2 Å². The van der Waals surface area contributed by atoms with Gasteiger partial charge < -0.3 is 4.74 Å². The molecule has 5 nitrogen and oxygen atoms in total. The van der Waals surface area contributed by atoms with Gasteiger partial charge in [-0.2, -0.15) is 0 Å². The molecule has 1 aliphatic rings. The molecule has 0 unspecified atom stereocenters. The van der Waals surface area contributed by atoms with Crippen molar-refractivity contribution in [3.63, 3.8) is 0 Å². The molecule has 0 radical (unpaired) electrons. The van der Waals surface area contributed by atoms with E-state index in [0.29, 0.717) is 6.54 Å². The minimum absolute atomic E-state index is 0.477. The fourth-order valence-corrected chi connectivity index (χ4v) is 1.40. The Labute approximate surface area is 84.0 Å². The Hall–Kier alpha value is -1.03. The average Bonchev–Trinajstić information content (AvgIpc) is 2.25. The Bertz CT molecular complexity index is 239. The molecule has 0 N–H and O–H groups in total. The summed E-state index contributed by atoms with van der Waals surface area (Å²) in [6.45, 7) is 6.88. The van der Waals surface area contributed by atoms with E-state index in [9.17, 15) is 0 Å². The van der Waals surface area contributed by atoms with E-state index in [2.05, 4.69) is 14.9 Å². The molecule has 0 aliphatic carbocycles. The van der Waals surface area contributed by atoms with Crippen LogP contribution in [0.15, 0.2) is 16.8 Å². The maximum absolute atomic E-state index is 8.21. The molecule has 1 rings (SSSR count). The quantitative estimate of drug-likeness (QED) is 0.296. The average molecular weight is 196 g/mol. The van der Waals surface area contributed by atoms with Gasteiger partial charge in [-0.05, 0) is 12.5 Å². The predicted octanol–water partition coefficient (Wildman–Crippen LogP) is 1.58. The smallest absolute Gasteiger partial charge is 0.0594 e. The summed E-state index contributed by atoms with van der Waals surface area (Å²) in [4.78, 5) is 5.07. The van der Waals surface area contributed by atoms with Crippen LogP contribution < -0.4 is 0 Å². The van der Waals surface area contributed by atoms with Crippen molar-refractivity contribution in [2.24, 2.45) is 5.11 Å². The van der Waals surface area contributed by atoms with Crippen molar-refractivity contribution in [3.05, 3.63) is 22.1 Å². The Balaban J connectivity index is 2.35. The molecule has 1 saturated heterocycles. The van der Waals surface area contributed by atoms with Gasteiger partial charge in [-0.1, -0.05) is 16.8 Å². The van der Waals surface area contributed by atoms with Crippen LogP contribution in [0.2, 0.25) is 0 Å². The van der Waals surface area contributed by atoms with Gasteiger partial charge in [0.2, 0.25) is 0 Å². The summed E-state index contributed by atoms with van der Waals surface area (Å²) in [5.74, 6) is 0. The number of hydrogen-bond donors (Lipinski definition) is 0. The molecule has 1 heterocycles. The van der Waals surface area contributed by atoms with Crippen LogP contribution in [0.25, 0.3) is 10.4 Å². The summed E-state index contributed by atoms with van der Waals surface area (Å²) in [5, 5.41) is 3.56. The lowest BCUT2D eigenvalue weighted by molar-refractivity contribution is 0.0421. The fraction of sp³-hybridized carbons (Fsp3) is 0.778. The Morgan fingerprint density at radius 2 is 2.29 bits per heavy atom. The van der Waals surface area contributed by atoms with Crippen molar-refractivity contribution in [3.8, 4) is 0 Å². The molecule has 5 heteroatoms. The van der Waals surface area contributed by atoms with Crippen LogP contribution in [0, 0.1) is 0 Å². The van der Waals surface area contributed by atoms with Crippen LogP contribution in [0.3, 0.4) is 0 Å². The van der Waals surface area contributed by atoms with E-state index < -0.39 is 0 Å². The van der Waals surface area contributed by atoms with E-state index in [1.165, 1.54) is 5.57 Å². The normalized spacial score (nSPS) is 19.1. The highest BCUT2D eigenvalue weighted by Gasteiger charge is 2.10. The molecule has 0 spiro atoms. The predicted molar refractivity (Wildman–Crippen MR) is 55.0 cm³/mol. The minimum Gasteiger partial charge on any atom is -0.379 e. The number of ether oxygens (including phenoxy) is 1. The van der Waals surface area contributed by atoms with Crippen LogP contribution in [-0.4, -0.2) is 44.3 Å². The molecule has 78 valence electrons. The van der Waals surface area contributed by atoms with Crippen LogP contribution in [0.5, 0.6) is 0 Å². The van der Waals surface area contributed by atoms with E-state index in [1.807, 2.05) is 13.0 Å². The molecule has 0 aromatic heterocycles. The molecule has 14 heavy (non-hydrogen) atoms. The largest absolute Gasteiger partial charge is 0.379 e. The van der Waals surface area contributed by atoms with Gasteiger partial charge in [0.15, 0.2) is 0 Å². The lowest BCUT2D eigenvalue weighted by Gasteiger charge is -2.27. The maximum atomic E-state index is 8.21. The molecule has 0 saturated carbocycles. The lowest BCUT2D eigenvalue weighted by Crippen LogP contribution is -2.37.